The summed E-state index contributed by atoms with van der Waals surface area (Å²) in [5.74, 6) is -0.662. The Hall–Kier alpha value is -2.40. The van der Waals surface area contributed by atoms with Crippen molar-refractivity contribution in [3.63, 3.8) is 0 Å². The molecule has 0 saturated carbocycles. The normalized spacial score (nSPS) is 13.7. The van der Waals surface area contributed by atoms with Crippen molar-refractivity contribution in [1.82, 2.24) is 9.88 Å². The maximum atomic E-state index is 13.9. The van der Waals surface area contributed by atoms with Gasteiger partial charge in [0.2, 0.25) is 0 Å². The molecule has 3 rings (SSSR count). The number of nitrogens with zero attached hydrogens (tertiary/aromatic N) is 2. The molecule has 23 heavy (non-hydrogen) atoms. The van der Waals surface area contributed by atoms with Crippen LogP contribution in [0.5, 0.6) is 0 Å². The summed E-state index contributed by atoms with van der Waals surface area (Å²) in [6, 6.07) is 10.1. The highest BCUT2D eigenvalue weighted by Gasteiger charge is 2.20. The van der Waals surface area contributed by atoms with Crippen LogP contribution in [-0.2, 0) is 22.6 Å². The van der Waals surface area contributed by atoms with E-state index in [1.54, 1.807) is 30.5 Å². The Morgan fingerprint density at radius 2 is 2.04 bits per heavy atom. The number of hydrogen-bond acceptors (Lipinski definition) is 4. The summed E-state index contributed by atoms with van der Waals surface area (Å²) in [6.07, 6.45) is 3.10. The van der Waals surface area contributed by atoms with Gasteiger partial charge in [-0.2, -0.15) is 0 Å². The van der Waals surface area contributed by atoms with Gasteiger partial charge in [-0.1, -0.05) is 35.9 Å². The number of rotatable bonds is 5. The van der Waals surface area contributed by atoms with E-state index in [1.165, 1.54) is 12.1 Å². The highest BCUT2D eigenvalue weighted by atomic mass is 35.5. The van der Waals surface area contributed by atoms with Gasteiger partial charge in [0.1, 0.15) is 17.6 Å². The van der Waals surface area contributed by atoms with E-state index >= 15 is 0 Å². The third-order valence-electron chi connectivity index (χ3n) is 3.53. The fourth-order valence-electron chi connectivity index (χ4n) is 2.36. The van der Waals surface area contributed by atoms with Gasteiger partial charge in [-0.15, -0.1) is 0 Å². The van der Waals surface area contributed by atoms with Crippen LogP contribution in [0.4, 0.5) is 4.39 Å². The monoisotopic (exact) mass is 332 g/mol. The number of halogens is 2. The first-order valence-corrected chi connectivity index (χ1v) is 7.46. The van der Waals surface area contributed by atoms with Crippen molar-refractivity contribution >= 4 is 17.6 Å². The molecular weight excluding hydrogens is 319 g/mol. The average Bonchev–Trinajstić information content (AvgIpc) is 2.97. The van der Waals surface area contributed by atoms with Crippen molar-refractivity contribution in [3.05, 3.63) is 76.5 Å². The van der Waals surface area contributed by atoms with E-state index in [4.69, 9.17) is 16.3 Å². The zero-order chi connectivity index (χ0) is 16.2. The van der Waals surface area contributed by atoms with Crippen molar-refractivity contribution in [2.75, 3.05) is 6.61 Å². The fourth-order valence-corrected chi connectivity index (χ4v) is 2.47. The van der Waals surface area contributed by atoms with E-state index in [-0.39, 0.29) is 18.4 Å². The molecule has 1 aromatic carbocycles. The highest BCUT2D eigenvalue weighted by Crippen LogP contribution is 2.20. The summed E-state index contributed by atoms with van der Waals surface area (Å²) < 4.78 is 18.9. The standard InChI is InChI=1S/C17H14ClFN2O2/c18-16-6-5-12(8-20-16)9-21(14-7-17(22)23-11-14)10-13-3-1-2-4-15(13)19/h1-8H,9-11H2. The summed E-state index contributed by atoms with van der Waals surface area (Å²) in [5.41, 5.74) is 2.17. The van der Waals surface area contributed by atoms with Gasteiger partial charge in [0.05, 0.1) is 5.70 Å². The Kier molecular flexibility index (Phi) is 4.57. The number of cyclic esters (lactones) is 1. The fraction of sp³-hybridized carbons (Fsp3) is 0.176. The number of pyridine rings is 1. The highest BCUT2D eigenvalue weighted by molar-refractivity contribution is 6.29. The van der Waals surface area contributed by atoms with E-state index in [0.717, 1.165) is 5.56 Å². The van der Waals surface area contributed by atoms with Gasteiger partial charge >= 0.3 is 5.97 Å². The molecule has 0 unspecified atom stereocenters. The number of ether oxygens (including phenoxy) is 1. The second kappa shape index (κ2) is 6.79. The molecule has 0 radical (unpaired) electrons. The van der Waals surface area contributed by atoms with Gasteiger partial charge in [-0.3, -0.25) is 0 Å². The summed E-state index contributed by atoms with van der Waals surface area (Å²) >= 11 is 5.79. The Morgan fingerprint density at radius 3 is 2.70 bits per heavy atom. The SMILES string of the molecule is O=C1C=C(N(Cc2ccc(Cl)nc2)Cc2ccccc2F)CO1. The minimum absolute atomic E-state index is 0.189. The van der Waals surface area contributed by atoms with E-state index in [1.807, 2.05) is 11.0 Å². The summed E-state index contributed by atoms with van der Waals surface area (Å²) in [7, 11) is 0. The predicted molar refractivity (Wildman–Crippen MR) is 83.9 cm³/mol. The third-order valence-corrected chi connectivity index (χ3v) is 3.76. The second-order valence-corrected chi connectivity index (χ2v) is 5.57. The molecule has 0 atom stereocenters. The van der Waals surface area contributed by atoms with Gasteiger partial charge in [0.15, 0.2) is 0 Å². The van der Waals surface area contributed by atoms with Crippen LogP contribution in [-0.4, -0.2) is 22.5 Å². The molecule has 0 saturated heterocycles. The van der Waals surface area contributed by atoms with Crippen LogP contribution in [0.25, 0.3) is 0 Å². The Balaban J connectivity index is 1.84. The lowest BCUT2D eigenvalue weighted by Gasteiger charge is -2.25. The van der Waals surface area contributed by atoms with Crippen LogP contribution < -0.4 is 0 Å². The molecule has 1 aliphatic rings. The van der Waals surface area contributed by atoms with E-state index < -0.39 is 0 Å². The number of aromatic nitrogens is 1. The molecule has 0 N–H and O–H groups in total. The first-order chi connectivity index (χ1) is 11.1. The third kappa shape index (κ3) is 3.87. The number of carbonyl (C=O) groups excluding carboxylic acids is 1. The smallest absolute Gasteiger partial charge is 0.333 e. The van der Waals surface area contributed by atoms with Gasteiger partial charge in [0.25, 0.3) is 0 Å². The van der Waals surface area contributed by atoms with Crippen molar-refractivity contribution in [2.45, 2.75) is 13.1 Å². The molecule has 2 aromatic rings. The van der Waals surface area contributed by atoms with Gasteiger partial charge in [0, 0.05) is 30.9 Å². The molecule has 1 aliphatic heterocycles. The zero-order valence-corrected chi connectivity index (χ0v) is 13.0. The maximum absolute atomic E-state index is 13.9. The largest absolute Gasteiger partial charge is 0.456 e. The molecule has 6 heteroatoms. The van der Waals surface area contributed by atoms with Crippen molar-refractivity contribution < 1.29 is 13.9 Å². The first kappa shape index (κ1) is 15.5. The lowest BCUT2D eigenvalue weighted by molar-refractivity contribution is -0.135. The molecule has 4 nitrogen and oxygen atoms in total. The number of benzene rings is 1. The zero-order valence-electron chi connectivity index (χ0n) is 12.2. The number of carbonyl (C=O) groups is 1. The topological polar surface area (TPSA) is 42.4 Å². The van der Waals surface area contributed by atoms with Gasteiger partial charge in [-0.25, -0.2) is 14.2 Å². The van der Waals surface area contributed by atoms with Crippen molar-refractivity contribution in [1.29, 1.82) is 0 Å². The van der Waals surface area contributed by atoms with Gasteiger partial charge < -0.3 is 9.64 Å². The predicted octanol–water partition coefficient (Wildman–Crippen LogP) is 3.32. The van der Waals surface area contributed by atoms with Crippen LogP contribution in [0, 0.1) is 5.82 Å². The van der Waals surface area contributed by atoms with Crippen molar-refractivity contribution in [2.24, 2.45) is 0 Å². The molecule has 0 spiro atoms. The molecule has 1 aromatic heterocycles. The summed E-state index contributed by atoms with van der Waals surface area (Å²) in [6.45, 7) is 0.993. The molecular formula is C17H14ClFN2O2. The minimum Gasteiger partial charge on any atom is -0.456 e. The Morgan fingerprint density at radius 1 is 1.22 bits per heavy atom. The first-order valence-electron chi connectivity index (χ1n) is 7.08. The minimum atomic E-state index is -0.382. The van der Waals surface area contributed by atoms with Crippen LogP contribution in [0.2, 0.25) is 5.15 Å². The lowest BCUT2D eigenvalue weighted by Crippen LogP contribution is -2.23. The van der Waals surface area contributed by atoms with Crippen LogP contribution in [0.3, 0.4) is 0 Å². The molecule has 2 heterocycles. The summed E-state index contributed by atoms with van der Waals surface area (Å²) in [5, 5.41) is 0.410. The van der Waals surface area contributed by atoms with E-state index in [0.29, 0.717) is 29.5 Å². The molecule has 0 bridgehead atoms. The van der Waals surface area contributed by atoms with Crippen LogP contribution >= 0.6 is 11.6 Å². The van der Waals surface area contributed by atoms with Gasteiger partial charge in [-0.05, 0) is 17.7 Å². The Labute approximate surface area is 138 Å². The molecule has 0 aliphatic carbocycles. The van der Waals surface area contributed by atoms with Crippen LogP contribution in [0.1, 0.15) is 11.1 Å². The quantitative estimate of drug-likeness (QED) is 0.622. The second-order valence-electron chi connectivity index (χ2n) is 5.18. The summed E-state index contributed by atoms with van der Waals surface area (Å²) in [4.78, 5) is 17.3. The molecule has 118 valence electrons. The molecule has 0 fully saturated rings. The van der Waals surface area contributed by atoms with Crippen molar-refractivity contribution in [3.8, 4) is 0 Å². The Bertz CT molecular complexity index is 747. The average molecular weight is 333 g/mol. The number of hydrogen-bond donors (Lipinski definition) is 0. The number of esters is 1. The molecule has 0 amide bonds. The maximum Gasteiger partial charge on any atom is 0.333 e. The van der Waals surface area contributed by atoms with Crippen LogP contribution in [0.15, 0.2) is 54.4 Å². The van der Waals surface area contributed by atoms with E-state index in [2.05, 4.69) is 4.98 Å². The van der Waals surface area contributed by atoms with E-state index in [9.17, 15) is 9.18 Å². The lowest BCUT2D eigenvalue weighted by atomic mass is 10.1.